The van der Waals surface area contributed by atoms with E-state index < -0.39 is 0 Å². The molecule has 0 spiro atoms. The number of fused-ring (bicyclic) bond motifs is 4. The van der Waals surface area contributed by atoms with Gasteiger partial charge in [-0.15, -0.1) is 0 Å². The number of aromatic amines is 1. The number of anilines is 1. The molecule has 2 aliphatic rings. The Hall–Kier alpha value is -4.55. The van der Waals surface area contributed by atoms with E-state index in [2.05, 4.69) is 114 Å². The van der Waals surface area contributed by atoms with E-state index in [4.69, 9.17) is 4.74 Å². The number of likely N-dealkylation sites (N-methyl/N-ethyl adjacent to an activating group) is 2. The Morgan fingerprint density at radius 1 is 0.938 bits per heavy atom. The molecule has 0 aliphatic carbocycles. The molecule has 6 heteroatoms. The lowest BCUT2D eigenvalue weighted by molar-refractivity contribution is 0.139. The summed E-state index contributed by atoms with van der Waals surface area (Å²) in [6.07, 6.45) is 2.36. The number of rotatable bonds is 11. The van der Waals surface area contributed by atoms with Crippen LogP contribution in [0, 0.1) is 0 Å². The molecular weight excluding hydrogens is 592 g/mol. The normalized spacial score (nSPS) is 18.0. The summed E-state index contributed by atoms with van der Waals surface area (Å²) in [5.41, 5.74) is 11.4. The van der Waals surface area contributed by atoms with Crippen LogP contribution in [-0.4, -0.2) is 54.7 Å². The van der Waals surface area contributed by atoms with Crippen molar-refractivity contribution in [2.75, 3.05) is 37.6 Å². The average molecular weight is 641 g/mol. The van der Waals surface area contributed by atoms with Crippen LogP contribution in [0.5, 0.6) is 0 Å². The van der Waals surface area contributed by atoms with Crippen molar-refractivity contribution < 1.29 is 9.53 Å². The first-order chi connectivity index (χ1) is 23.5. The summed E-state index contributed by atoms with van der Waals surface area (Å²) < 4.78 is 5.71. The number of hydrogen-bond acceptors (Lipinski definition) is 4. The molecule has 0 bridgehead atoms. The van der Waals surface area contributed by atoms with Crippen LogP contribution in [0.2, 0.25) is 0 Å². The number of nitrogens with zero attached hydrogens (tertiary/aromatic N) is 2. The summed E-state index contributed by atoms with van der Waals surface area (Å²) in [4.78, 5) is 21.9. The topological polar surface area (TPSA) is 60.6 Å². The van der Waals surface area contributed by atoms with E-state index in [1.807, 2.05) is 24.3 Å². The zero-order valence-corrected chi connectivity index (χ0v) is 28.5. The van der Waals surface area contributed by atoms with Crippen LogP contribution >= 0.6 is 0 Å². The summed E-state index contributed by atoms with van der Waals surface area (Å²) in [5.74, 6) is 0.785. The second-order valence-corrected chi connectivity index (χ2v) is 13.4. The van der Waals surface area contributed by atoms with Crippen molar-refractivity contribution >= 4 is 22.7 Å². The lowest BCUT2D eigenvalue weighted by atomic mass is 9.85. The minimum atomic E-state index is -0.387. The summed E-state index contributed by atoms with van der Waals surface area (Å²) in [5, 5.41) is 4.25. The fraction of sp³-hybridized carbons (Fsp3) is 0.357. The van der Waals surface area contributed by atoms with Crippen LogP contribution in [0.1, 0.15) is 78.1 Å². The van der Waals surface area contributed by atoms with Crippen LogP contribution in [0.25, 0.3) is 10.9 Å². The van der Waals surface area contributed by atoms with Gasteiger partial charge in [0.25, 0.3) is 0 Å². The largest absolute Gasteiger partial charge is 0.445 e. The molecule has 5 aromatic rings. The molecule has 1 amide bonds. The second-order valence-electron chi connectivity index (χ2n) is 13.4. The summed E-state index contributed by atoms with van der Waals surface area (Å²) >= 11 is 0. The van der Waals surface area contributed by atoms with Crippen molar-refractivity contribution in [2.45, 2.75) is 64.5 Å². The van der Waals surface area contributed by atoms with Gasteiger partial charge in [0, 0.05) is 59.8 Å². The van der Waals surface area contributed by atoms with E-state index in [1.54, 1.807) is 0 Å². The predicted octanol–water partition coefficient (Wildman–Crippen LogP) is 8.40. The number of para-hydroxylation sites is 1. The Morgan fingerprint density at radius 3 is 2.52 bits per heavy atom. The quantitative estimate of drug-likeness (QED) is 0.152. The van der Waals surface area contributed by atoms with Gasteiger partial charge in [0.05, 0.1) is 0 Å². The average Bonchev–Trinajstić information content (AvgIpc) is 3.65. The maximum absolute atomic E-state index is 12.9. The van der Waals surface area contributed by atoms with Crippen molar-refractivity contribution in [2.24, 2.45) is 0 Å². The van der Waals surface area contributed by atoms with E-state index in [9.17, 15) is 4.79 Å². The number of carbonyl (C=O) groups excluding carboxylic acids is 1. The number of ether oxygens (including phenoxy) is 1. The molecule has 3 unspecified atom stereocenters. The molecule has 6 nitrogen and oxygen atoms in total. The number of amides is 1. The number of carbonyl (C=O) groups is 1. The lowest BCUT2D eigenvalue weighted by Crippen LogP contribution is -2.48. The summed E-state index contributed by atoms with van der Waals surface area (Å²) in [6, 6.07) is 34.9. The van der Waals surface area contributed by atoms with Gasteiger partial charge >= 0.3 is 6.09 Å². The lowest BCUT2D eigenvalue weighted by Gasteiger charge is -2.38. The molecular formula is C42H48N4O2. The van der Waals surface area contributed by atoms with Crippen LogP contribution in [0.4, 0.5) is 10.5 Å². The van der Waals surface area contributed by atoms with Crippen LogP contribution in [-0.2, 0) is 24.2 Å². The number of nitrogens with one attached hydrogen (secondary N) is 2. The molecule has 0 radical (unpaired) electrons. The molecule has 7 rings (SSSR count). The van der Waals surface area contributed by atoms with Gasteiger partial charge in [0.2, 0.25) is 0 Å². The molecule has 2 N–H and O–H groups in total. The number of likely N-dealkylation sites (tertiary alicyclic amines) is 1. The number of alkyl carbamates (subject to hydrolysis) is 1. The Labute approximate surface area is 285 Å². The van der Waals surface area contributed by atoms with Crippen molar-refractivity contribution in [1.29, 1.82) is 0 Å². The highest BCUT2D eigenvalue weighted by Gasteiger charge is 2.41. The Kier molecular flexibility index (Phi) is 9.53. The molecule has 3 heterocycles. The standard InChI is InChI=1S/C42H48N4O2/c1-4-45-24-22-35-37-26-31(19-20-39(37)46(5-2)40(35)27-45)29(3)41-36(34-17-11-12-18-38(34)44-41)21-23-43-42(47)48-28-33-16-10-9-15-32(33)25-30-13-7-6-8-14-30/h6-20,26,29,35,40,44H,4-5,21-25,27-28H2,1-3H3,(H,43,47). The number of aromatic nitrogens is 1. The molecule has 1 saturated heterocycles. The van der Waals surface area contributed by atoms with Gasteiger partial charge in [-0.3, -0.25) is 0 Å². The van der Waals surface area contributed by atoms with E-state index in [0.29, 0.717) is 18.5 Å². The third-order valence-electron chi connectivity index (χ3n) is 10.8. The third kappa shape index (κ3) is 6.46. The molecule has 4 aromatic carbocycles. The number of piperidine rings is 1. The first kappa shape index (κ1) is 32.0. The summed E-state index contributed by atoms with van der Waals surface area (Å²) in [6.45, 7) is 12.1. The van der Waals surface area contributed by atoms with E-state index >= 15 is 0 Å². The first-order valence-corrected chi connectivity index (χ1v) is 17.8. The van der Waals surface area contributed by atoms with Gasteiger partial charge in [0.1, 0.15) is 6.61 Å². The van der Waals surface area contributed by atoms with Gasteiger partial charge in [-0.05, 0) is 84.8 Å². The van der Waals surface area contributed by atoms with Crippen LogP contribution < -0.4 is 10.2 Å². The van der Waals surface area contributed by atoms with Gasteiger partial charge in [-0.25, -0.2) is 4.79 Å². The van der Waals surface area contributed by atoms with E-state index in [-0.39, 0.29) is 18.6 Å². The molecule has 48 heavy (non-hydrogen) atoms. The monoisotopic (exact) mass is 640 g/mol. The molecule has 248 valence electrons. The zero-order valence-electron chi connectivity index (χ0n) is 28.5. The Morgan fingerprint density at radius 2 is 1.71 bits per heavy atom. The number of H-pyrrole nitrogens is 1. The molecule has 0 saturated carbocycles. The first-order valence-electron chi connectivity index (χ1n) is 17.8. The highest BCUT2D eigenvalue weighted by molar-refractivity contribution is 5.85. The fourth-order valence-electron chi connectivity index (χ4n) is 8.14. The smallest absolute Gasteiger partial charge is 0.407 e. The highest BCUT2D eigenvalue weighted by atomic mass is 16.5. The minimum Gasteiger partial charge on any atom is -0.445 e. The summed E-state index contributed by atoms with van der Waals surface area (Å²) in [7, 11) is 0. The molecule has 1 aromatic heterocycles. The highest BCUT2D eigenvalue weighted by Crippen LogP contribution is 2.46. The predicted molar refractivity (Wildman–Crippen MR) is 196 cm³/mol. The maximum atomic E-state index is 12.9. The van der Waals surface area contributed by atoms with Gasteiger partial charge < -0.3 is 24.8 Å². The van der Waals surface area contributed by atoms with Gasteiger partial charge in [-0.2, -0.15) is 0 Å². The van der Waals surface area contributed by atoms with E-state index in [0.717, 1.165) is 43.6 Å². The molecule has 2 aliphatic heterocycles. The van der Waals surface area contributed by atoms with Gasteiger partial charge in [-0.1, -0.05) is 98.8 Å². The van der Waals surface area contributed by atoms with Crippen molar-refractivity contribution in [1.82, 2.24) is 15.2 Å². The SMILES string of the molecule is CCN1CCC2c3cc(C(C)c4[nH]c5ccccc5c4CCNC(=O)OCc4ccccc4Cc4ccccc4)ccc3N(CC)C2C1. The third-order valence-corrected chi connectivity index (χ3v) is 10.8. The maximum Gasteiger partial charge on any atom is 0.407 e. The Bertz CT molecular complexity index is 1860. The van der Waals surface area contributed by atoms with E-state index in [1.165, 1.54) is 57.6 Å². The zero-order chi connectivity index (χ0) is 33.0. The second kappa shape index (κ2) is 14.3. The minimum absolute atomic E-state index is 0.190. The van der Waals surface area contributed by atoms with Crippen LogP contribution in [0.3, 0.4) is 0 Å². The van der Waals surface area contributed by atoms with Crippen molar-refractivity contribution in [3.8, 4) is 0 Å². The fourth-order valence-corrected chi connectivity index (χ4v) is 8.14. The van der Waals surface area contributed by atoms with Gasteiger partial charge in [0.15, 0.2) is 0 Å². The number of hydrogen-bond donors (Lipinski definition) is 2. The molecule has 3 atom stereocenters. The van der Waals surface area contributed by atoms with Crippen LogP contribution in [0.15, 0.2) is 97.1 Å². The van der Waals surface area contributed by atoms with Crippen molar-refractivity contribution in [3.63, 3.8) is 0 Å². The van der Waals surface area contributed by atoms with Crippen molar-refractivity contribution in [3.05, 3.63) is 136 Å². The number of benzene rings is 4. The Balaban J connectivity index is 1.04. The molecule has 1 fully saturated rings.